The number of carbonyl (C=O) groups is 3. The van der Waals surface area contributed by atoms with Crippen LogP contribution < -0.4 is 10.6 Å². The van der Waals surface area contributed by atoms with Gasteiger partial charge in [0.25, 0.3) is 0 Å². The summed E-state index contributed by atoms with van der Waals surface area (Å²) in [6.07, 6.45) is 3.34. The Morgan fingerprint density at radius 1 is 1.16 bits per heavy atom. The third-order valence-corrected chi connectivity index (χ3v) is 2.96. The van der Waals surface area contributed by atoms with E-state index in [2.05, 4.69) is 17.2 Å². The molecule has 8 heteroatoms. The second kappa shape index (κ2) is 12.2. The maximum atomic E-state index is 11.6. The van der Waals surface area contributed by atoms with Gasteiger partial charge in [-0.2, -0.15) is 0 Å². The predicted octanol–water partition coefficient (Wildman–Crippen LogP) is 2.83. The molecule has 0 aromatic heterocycles. The zero-order chi connectivity index (χ0) is 19.3. The van der Waals surface area contributed by atoms with Crippen LogP contribution in [0.2, 0.25) is 0 Å². The molecule has 8 nitrogen and oxygen atoms in total. The number of nitrogens with one attached hydrogen (secondary N) is 2. The number of unbranched alkanes of at least 4 members (excludes halogenated alkanes) is 2. The molecule has 0 aliphatic carbocycles. The number of carboxylic acids is 1. The van der Waals surface area contributed by atoms with E-state index in [1.165, 1.54) is 0 Å². The van der Waals surface area contributed by atoms with E-state index in [4.69, 9.17) is 14.6 Å². The maximum Gasteiger partial charge on any atom is 0.408 e. The van der Waals surface area contributed by atoms with Crippen LogP contribution in [0.3, 0.4) is 0 Å². The molecule has 0 aromatic rings. The van der Waals surface area contributed by atoms with E-state index in [1.54, 1.807) is 26.8 Å². The van der Waals surface area contributed by atoms with Crippen molar-refractivity contribution in [3.05, 3.63) is 12.7 Å². The molecule has 0 heterocycles. The molecule has 0 fully saturated rings. The van der Waals surface area contributed by atoms with Gasteiger partial charge < -0.3 is 25.2 Å². The second-order valence-electron chi connectivity index (χ2n) is 6.53. The van der Waals surface area contributed by atoms with Crippen LogP contribution in [0.4, 0.5) is 9.59 Å². The first-order chi connectivity index (χ1) is 11.7. The average Bonchev–Trinajstić information content (AvgIpc) is 2.48. The van der Waals surface area contributed by atoms with E-state index in [-0.39, 0.29) is 6.42 Å². The predicted molar refractivity (Wildman–Crippen MR) is 93.4 cm³/mol. The standard InChI is InChI=1S/C17H30N2O6/c1-5-6-9-12-24-15(22)18-11-8-7-10-13(14(20)21)19-16(23)25-17(2,3)4/h5,13H,1,6-12H2,2-4H3,(H,18,22)(H,19,23)(H,20,21)/t13-/m0/s1. The third kappa shape index (κ3) is 13.8. The highest BCUT2D eigenvalue weighted by molar-refractivity contribution is 5.79. The van der Waals surface area contributed by atoms with Crippen LogP contribution in [0, 0.1) is 0 Å². The number of hydrogen-bond donors (Lipinski definition) is 3. The largest absolute Gasteiger partial charge is 0.480 e. The number of hydrogen-bond acceptors (Lipinski definition) is 5. The monoisotopic (exact) mass is 358 g/mol. The lowest BCUT2D eigenvalue weighted by Gasteiger charge is -2.22. The van der Waals surface area contributed by atoms with Crippen molar-refractivity contribution in [2.24, 2.45) is 0 Å². The lowest BCUT2D eigenvalue weighted by molar-refractivity contribution is -0.139. The van der Waals surface area contributed by atoms with Crippen LogP contribution in [0.1, 0.15) is 52.9 Å². The quantitative estimate of drug-likeness (QED) is 0.386. The number of carbonyl (C=O) groups excluding carboxylic acids is 2. The summed E-state index contributed by atoms with van der Waals surface area (Å²) in [4.78, 5) is 34.2. The number of amides is 2. The second-order valence-corrected chi connectivity index (χ2v) is 6.53. The zero-order valence-corrected chi connectivity index (χ0v) is 15.3. The summed E-state index contributed by atoms with van der Waals surface area (Å²) in [6.45, 7) is 9.38. The minimum atomic E-state index is -1.12. The normalized spacial score (nSPS) is 12.0. The van der Waals surface area contributed by atoms with E-state index in [0.717, 1.165) is 12.8 Å². The summed E-state index contributed by atoms with van der Waals surface area (Å²) in [5.74, 6) is -1.12. The van der Waals surface area contributed by atoms with Gasteiger partial charge in [0, 0.05) is 6.54 Å². The molecule has 0 rings (SSSR count). The van der Waals surface area contributed by atoms with Gasteiger partial charge in [-0.1, -0.05) is 6.08 Å². The van der Waals surface area contributed by atoms with Gasteiger partial charge in [-0.15, -0.1) is 6.58 Å². The fourth-order valence-corrected chi connectivity index (χ4v) is 1.81. The summed E-state index contributed by atoms with van der Waals surface area (Å²) in [7, 11) is 0. The average molecular weight is 358 g/mol. The minimum Gasteiger partial charge on any atom is -0.480 e. The van der Waals surface area contributed by atoms with Crippen molar-refractivity contribution >= 4 is 18.2 Å². The molecule has 0 saturated heterocycles. The van der Waals surface area contributed by atoms with Gasteiger partial charge in [0.1, 0.15) is 11.6 Å². The summed E-state index contributed by atoms with van der Waals surface area (Å²) < 4.78 is 9.98. The fraction of sp³-hybridized carbons (Fsp3) is 0.706. The number of allylic oxidation sites excluding steroid dienone is 1. The lowest BCUT2D eigenvalue weighted by atomic mass is 10.1. The van der Waals surface area contributed by atoms with Gasteiger partial charge in [-0.25, -0.2) is 14.4 Å². The van der Waals surface area contributed by atoms with Gasteiger partial charge in [-0.05, 0) is 52.9 Å². The number of aliphatic carboxylic acids is 1. The van der Waals surface area contributed by atoms with Crippen LogP contribution in [-0.2, 0) is 14.3 Å². The van der Waals surface area contributed by atoms with Crippen molar-refractivity contribution in [2.75, 3.05) is 13.2 Å². The van der Waals surface area contributed by atoms with Crippen molar-refractivity contribution in [3.8, 4) is 0 Å². The SMILES string of the molecule is C=CCCCOC(=O)NCCCC[C@H](NC(=O)OC(C)(C)C)C(=O)O. The smallest absolute Gasteiger partial charge is 0.408 e. The van der Waals surface area contributed by atoms with Crippen molar-refractivity contribution in [1.29, 1.82) is 0 Å². The van der Waals surface area contributed by atoms with Crippen LogP contribution in [0.25, 0.3) is 0 Å². The van der Waals surface area contributed by atoms with Crippen LogP contribution in [-0.4, -0.2) is 48.1 Å². The van der Waals surface area contributed by atoms with Crippen LogP contribution >= 0.6 is 0 Å². The molecule has 0 saturated carbocycles. The van der Waals surface area contributed by atoms with Gasteiger partial charge in [0.2, 0.25) is 0 Å². The maximum absolute atomic E-state index is 11.6. The Morgan fingerprint density at radius 2 is 1.84 bits per heavy atom. The van der Waals surface area contributed by atoms with Crippen LogP contribution in [0.15, 0.2) is 12.7 Å². The first kappa shape index (κ1) is 22.8. The summed E-state index contributed by atoms with van der Waals surface area (Å²) in [5, 5.41) is 14.1. The molecule has 0 aromatic carbocycles. The highest BCUT2D eigenvalue weighted by atomic mass is 16.6. The van der Waals surface area contributed by atoms with Gasteiger partial charge in [0.05, 0.1) is 6.61 Å². The van der Waals surface area contributed by atoms with E-state index in [1.807, 2.05) is 0 Å². The molecule has 144 valence electrons. The molecule has 0 unspecified atom stereocenters. The Balaban J connectivity index is 3.94. The molecule has 0 aliphatic rings. The third-order valence-electron chi connectivity index (χ3n) is 2.96. The molecule has 1 atom stereocenters. The highest BCUT2D eigenvalue weighted by Crippen LogP contribution is 2.08. The fourth-order valence-electron chi connectivity index (χ4n) is 1.81. The minimum absolute atomic E-state index is 0.241. The molecule has 0 aliphatic heterocycles. The lowest BCUT2D eigenvalue weighted by Crippen LogP contribution is -2.43. The van der Waals surface area contributed by atoms with Crippen molar-refractivity contribution in [1.82, 2.24) is 10.6 Å². The van der Waals surface area contributed by atoms with Gasteiger partial charge >= 0.3 is 18.2 Å². The molecule has 25 heavy (non-hydrogen) atoms. The first-order valence-electron chi connectivity index (χ1n) is 8.39. The van der Waals surface area contributed by atoms with Crippen LogP contribution in [0.5, 0.6) is 0 Å². The van der Waals surface area contributed by atoms with Crippen molar-refractivity contribution in [3.63, 3.8) is 0 Å². The zero-order valence-electron chi connectivity index (χ0n) is 15.3. The molecule has 2 amide bonds. The topological polar surface area (TPSA) is 114 Å². The highest BCUT2D eigenvalue weighted by Gasteiger charge is 2.23. The number of rotatable bonds is 11. The number of alkyl carbamates (subject to hydrolysis) is 2. The van der Waals surface area contributed by atoms with E-state index >= 15 is 0 Å². The van der Waals surface area contributed by atoms with E-state index < -0.39 is 29.8 Å². The van der Waals surface area contributed by atoms with Crippen molar-refractivity contribution < 1.29 is 29.0 Å². The molecule has 0 bridgehead atoms. The Labute approximate surface area is 148 Å². The molecular formula is C17H30N2O6. The molecular weight excluding hydrogens is 328 g/mol. The van der Waals surface area contributed by atoms with Gasteiger partial charge in [-0.3, -0.25) is 0 Å². The van der Waals surface area contributed by atoms with E-state index in [9.17, 15) is 14.4 Å². The van der Waals surface area contributed by atoms with E-state index in [0.29, 0.717) is 26.0 Å². The van der Waals surface area contributed by atoms with Gasteiger partial charge in [0.15, 0.2) is 0 Å². The molecule has 0 radical (unpaired) electrons. The van der Waals surface area contributed by atoms with Crippen molar-refractivity contribution in [2.45, 2.75) is 64.5 Å². The molecule has 3 N–H and O–H groups in total. The summed E-state index contributed by atoms with van der Waals surface area (Å²) in [5.41, 5.74) is -0.691. The Bertz CT molecular complexity index is 445. The first-order valence-corrected chi connectivity index (χ1v) is 8.39. The Morgan fingerprint density at radius 3 is 2.40 bits per heavy atom. The number of carboxylic acid groups (broad SMARTS) is 1. The summed E-state index contributed by atoms with van der Waals surface area (Å²) >= 11 is 0. The summed E-state index contributed by atoms with van der Waals surface area (Å²) in [6, 6.07) is -1.03. The Hall–Kier alpha value is -2.25. The molecule has 0 spiro atoms. The number of ether oxygens (including phenoxy) is 2. The Kier molecular flexibility index (Phi) is 11.1.